The van der Waals surface area contributed by atoms with Crippen LogP contribution in [0.3, 0.4) is 0 Å². The number of alkyl halides is 3. The molecule has 0 aliphatic carbocycles. The van der Waals surface area contributed by atoms with E-state index in [-0.39, 0.29) is 0 Å². The number of hydrogen-bond donors (Lipinski definition) is 2. The highest BCUT2D eigenvalue weighted by molar-refractivity contribution is 5.83. The number of nitrogens with one attached hydrogen (secondary N) is 2. The molecule has 2 aromatic rings. The lowest BCUT2D eigenvalue weighted by Gasteiger charge is -2.27. The van der Waals surface area contributed by atoms with E-state index >= 15 is 0 Å². The average molecular weight is 284 g/mol. The summed E-state index contributed by atoms with van der Waals surface area (Å²) in [4.78, 5) is 3.17. The van der Waals surface area contributed by atoms with Gasteiger partial charge in [0.25, 0.3) is 0 Å². The first-order valence-corrected chi connectivity index (χ1v) is 6.55. The maximum absolute atomic E-state index is 12.3. The minimum Gasteiger partial charge on any atom is -0.361 e. The predicted octanol–water partition coefficient (Wildman–Crippen LogP) is 3.95. The van der Waals surface area contributed by atoms with E-state index in [9.17, 15) is 13.2 Å². The van der Waals surface area contributed by atoms with Crippen LogP contribution in [0, 0.1) is 6.92 Å². The van der Waals surface area contributed by atoms with E-state index in [2.05, 4.69) is 10.3 Å². The zero-order chi connectivity index (χ0) is 15.0. The van der Waals surface area contributed by atoms with Crippen LogP contribution in [0.1, 0.15) is 25.0 Å². The summed E-state index contributed by atoms with van der Waals surface area (Å²) in [6, 6.07) is 6.06. The van der Waals surface area contributed by atoms with Crippen molar-refractivity contribution >= 4 is 10.9 Å². The first-order chi connectivity index (χ1) is 9.16. The summed E-state index contributed by atoms with van der Waals surface area (Å²) in [6.07, 6.45) is -1.78. The van der Waals surface area contributed by atoms with Gasteiger partial charge >= 0.3 is 6.18 Å². The summed E-state index contributed by atoms with van der Waals surface area (Å²) in [5.74, 6) is 0. The number of aromatic amines is 1. The highest BCUT2D eigenvalue weighted by Crippen LogP contribution is 2.24. The maximum atomic E-state index is 12.3. The average Bonchev–Trinajstić information content (AvgIpc) is 2.68. The molecule has 0 aliphatic heterocycles. The standard InChI is InChI=1S/C15H19F3N2/c1-10-4-5-12-11(8-19-13(12)6-10)7-14(2,3)20-9-15(16,17)18/h4-6,8,19-20H,7,9H2,1-3H3. The van der Waals surface area contributed by atoms with Gasteiger partial charge in [0.2, 0.25) is 0 Å². The third kappa shape index (κ3) is 3.76. The Bertz CT molecular complexity index is 597. The zero-order valence-electron chi connectivity index (χ0n) is 11.9. The molecule has 0 radical (unpaired) electrons. The molecule has 0 atom stereocenters. The van der Waals surface area contributed by atoms with E-state index in [1.807, 2.05) is 31.3 Å². The van der Waals surface area contributed by atoms with Crippen molar-refractivity contribution in [1.82, 2.24) is 10.3 Å². The van der Waals surface area contributed by atoms with Gasteiger partial charge in [-0.15, -0.1) is 0 Å². The van der Waals surface area contributed by atoms with Gasteiger partial charge in [0.15, 0.2) is 0 Å². The molecule has 1 aromatic heterocycles. The SMILES string of the molecule is Cc1ccc2c(CC(C)(C)NCC(F)(F)F)c[nH]c2c1. The molecule has 20 heavy (non-hydrogen) atoms. The van der Waals surface area contributed by atoms with E-state index in [0.717, 1.165) is 22.0 Å². The van der Waals surface area contributed by atoms with Gasteiger partial charge in [-0.1, -0.05) is 12.1 Å². The van der Waals surface area contributed by atoms with E-state index in [1.54, 1.807) is 13.8 Å². The largest absolute Gasteiger partial charge is 0.401 e. The van der Waals surface area contributed by atoms with Crippen LogP contribution in [-0.2, 0) is 6.42 Å². The van der Waals surface area contributed by atoms with Gasteiger partial charge in [-0.3, -0.25) is 0 Å². The molecule has 0 bridgehead atoms. The molecule has 1 aromatic carbocycles. The van der Waals surface area contributed by atoms with Gasteiger partial charge in [-0.05, 0) is 44.4 Å². The molecule has 2 nitrogen and oxygen atoms in total. The van der Waals surface area contributed by atoms with E-state index in [1.165, 1.54) is 0 Å². The minimum absolute atomic E-state index is 0.534. The Morgan fingerprint density at radius 3 is 2.55 bits per heavy atom. The zero-order valence-corrected chi connectivity index (χ0v) is 11.9. The third-order valence-electron chi connectivity index (χ3n) is 3.32. The number of hydrogen-bond acceptors (Lipinski definition) is 1. The highest BCUT2D eigenvalue weighted by atomic mass is 19.4. The second-order valence-electron chi connectivity index (χ2n) is 5.89. The van der Waals surface area contributed by atoms with Crippen LogP contribution in [0.4, 0.5) is 13.2 Å². The Hall–Kier alpha value is -1.49. The number of benzene rings is 1. The number of aryl methyl sites for hydroxylation is 1. The first-order valence-electron chi connectivity index (χ1n) is 6.55. The van der Waals surface area contributed by atoms with Gasteiger partial charge in [0.05, 0.1) is 6.54 Å². The molecule has 2 N–H and O–H groups in total. The van der Waals surface area contributed by atoms with Gasteiger partial charge < -0.3 is 10.3 Å². The number of rotatable bonds is 4. The van der Waals surface area contributed by atoms with Crippen molar-refractivity contribution < 1.29 is 13.2 Å². The van der Waals surface area contributed by atoms with Crippen molar-refractivity contribution in [2.45, 2.75) is 38.9 Å². The highest BCUT2D eigenvalue weighted by Gasteiger charge is 2.30. The Kier molecular flexibility index (Phi) is 3.82. The summed E-state index contributed by atoms with van der Waals surface area (Å²) in [7, 11) is 0. The molecular formula is C15H19F3N2. The fourth-order valence-corrected chi connectivity index (χ4v) is 2.32. The van der Waals surface area contributed by atoms with Crippen molar-refractivity contribution in [2.75, 3.05) is 6.54 Å². The van der Waals surface area contributed by atoms with E-state index in [4.69, 9.17) is 0 Å². The third-order valence-corrected chi connectivity index (χ3v) is 3.32. The molecule has 0 spiro atoms. The summed E-state index contributed by atoms with van der Waals surface area (Å²) in [5.41, 5.74) is 2.59. The van der Waals surface area contributed by atoms with Gasteiger partial charge in [-0.2, -0.15) is 13.2 Å². The fraction of sp³-hybridized carbons (Fsp3) is 0.467. The van der Waals surface area contributed by atoms with E-state index < -0.39 is 18.3 Å². The molecule has 5 heteroatoms. The summed E-state index contributed by atoms with van der Waals surface area (Å²) in [5, 5.41) is 3.64. The smallest absolute Gasteiger partial charge is 0.361 e. The van der Waals surface area contributed by atoms with Crippen LogP contribution < -0.4 is 5.32 Å². The second kappa shape index (κ2) is 5.13. The van der Waals surface area contributed by atoms with Crippen LogP contribution in [0.15, 0.2) is 24.4 Å². The normalized spacial score (nSPS) is 13.1. The van der Waals surface area contributed by atoms with Crippen LogP contribution in [0.25, 0.3) is 10.9 Å². The van der Waals surface area contributed by atoms with Crippen LogP contribution in [-0.4, -0.2) is 23.2 Å². The monoisotopic (exact) mass is 284 g/mol. The van der Waals surface area contributed by atoms with E-state index in [0.29, 0.717) is 6.42 Å². The van der Waals surface area contributed by atoms with Crippen LogP contribution in [0.5, 0.6) is 0 Å². The molecule has 0 aliphatic rings. The lowest BCUT2D eigenvalue weighted by molar-refractivity contribution is -0.128. The summed E-state index contributed by atoms with van der Waals surface area (Å²) < 4.78 is 36.9. The Morgan fingerprint density at radius 2 is 1.90 bits per heavy atom. The quantitative estimate of drug-likeness (QED) is 0.874. The van der Waals surface area contributed by atoms with Crippen molar-refractivity contribution in [1.29, 1.82) is 0 Å². The summed E-state index contributed by atoms with van der Waals surface area (Å²) in [6.45, 7) is 4.60. The van der Waals surface area contributed by atoms with Crippen molar-refractivity contribution in [3.8, 4) is 0 Å². The van der Waals surface area contributed by atoms with Gasteiger partial charge in [0, 0.05) is 22.6 Å². The lowest BCUT2D eigenvalue weighted by atomic mass is 9.94. The molecule has 0 saturated heterocycles. The minimum atomic E-state index is -4.19. The molecule has 2 rings (SSSR count). The molecule has 0 unspecified atom stereocenters. The van der Waals surface area contributed by atoms with Gasteiger partial charge in [-0.25, -0.2) is 0 Å². The Balaban J connectivity index is 2.14. The van der Waals surface area contributed by atoms with Crippen molar-refractivity contribution in [2.24, 2.45) is 0 Å². The molecule has 0 saturated carbocycles. The molecule has 0 amide bonds. The number of fused-ring (bicyclic) bond motifs is 1. The fourth-order valence-electron chi connectivity index (χ4n) is 2.32. The molecule has 110 valence electrons. The number of H-pyrrole nitrogens is 1. The number of halogens is 3. The molecule has 0 fully saturated rings. The predicted molar refractivity (Wildman–Crippen MR) is 74.9 cm³/mol. The van der Waals surface area contributed by atoms with Gasteiger partial charge in [0.1, 0.15) is 0 Å². The second-order valence-corrected chi connectivity index (χ2v) is 5.89. The summed E-state index contributed by atoms with van der Waals surface area (Å²) >= 11 is 0. The van der Waals surface area contributed by atoms with Crippen LogP contribution >= 0.6 is 0 Å². The molecule has 1 heterocycles. The Labute approximate surface area is 116 Å². The maximum Gasteiger partial charge on any atom is 0.401 e. The molecular weight excluding hydrogens is 265 g/mol. The van der Waals surface area contributed by atoms with Crippen molar-refractivity contribution in [3.63, 3.8) is 0 Å². The lowest BCUT2D eigenvalue weighted by Crippen LogP contribution is -2.45. The van der Waals surface area contributed by atoms with Crippen molar-refractivity contribution in [3.05, 3.63) is 35.5 Å². The van der Waals surface area contributed by atoms with Crippen LogP contribution in [0.2, 0.25) is 0 Å². The Morgan fingerprint density at radius 1 is 1.20 bits per heavy atom. The topological polar surface area (TPSA) is 27.8 Å². The number of aromatic nitrogens is 1. The first kappa shape index (κ1) is 14.9.